The fourth-order valence-corrected chi connectivity index (χ4v) is 4.09. The van der Waals surface area contributed by atoms with E-state index in [4.69, 9.17) is 27.9 Å². The van der Waals surface area contributed by atoms with E-state index in [-0.39, 0.29) is 11.3 Å². The Bertz CT molecular complexity index is 1310. The van der Waals surface area contributed by atoms with Gasteiger partial charge in [0.05, 0.1) is 10.2 Å². The predicted molar refractivity (Wildman–Crippen MR) is 130 cm³/mol. The predicted octanol–water partition coefficient (Wildman–Crippen LogP) is 6.00. The summed E-state index contributed by atoms with van der Waals surface area (Å²) in [4.78, 5) is 38.5. The van der Waals surface area contributed by atoms with E-state index in [0.717, 1.165) is 10.5 Å². The van der Waals surface area contributed by atoms with Gasteiger partial charge in [-0.3, -0.25) is 14.9 Å². The van der Waals surface area contributed by atoms with Gasteiger partial charge >= 0.3 is 6.03 Å². The molecule has 4 rings (SSSR count). The molecule has 1 N–H and O–H groups in total. The Morgan fingerprint density at radius 2 is 1.67 bits per heavy atom. The molecule has 0 unspecified atom stereocenters. The zero-order valence-electron chi connectivity index (χ0n) is 16.8. The summed E-state index contributed by atoms with van der Waals surface area (Å²) in [6.07, 6.45) is 1.41. The maximum absolute atomic E-state index is 13.0. The second-order valence-corrected chi connectivity index (χ2v) is 8.77. The molecule has 1 fully saturated rings. The van der Waals surface area contributed by atoms with Crippen molar-refractivity contribution in [2.24, 2.45) is 0 Å². The highest BCUT2D eigenvalue weighted by atomic mass is 79.9. The Balaban J connectivity index is 1.57. The van der Waals surface area contributed by atoms with E-state index in [2.05, 4.69) is 21.2 Å². The number of benzene rings is 3. The van der Waals surface area contributed by atoms with E-state index in [0.29, 0.717) is 32.4 Å². The summed E-state index contributed by atoms with van der Waals surface area (Å²) in [6.45, 7) is 0.317. The van der Waals surface area contributed by atoms with Crippen molar-refractivity contribution in [2.45, 2.75) is 6.61 Å². The van der Waals surface area contributed by atoms with Crippen LogP contribution < -0.4 is 15.0 Å². The van der Waals surface area contributed by atoms with Gasteiger partial charge in [-0.2, -0.15) is 0 Å². The van der Waals surface area contributed by atoms with Gasteiger partial charge in [0.25, 0.3) is 11.8 Å². The lowest BCUT2D eigenvalue weighted by Gasteiger charge is -2.26. The lowest BCUT2D eigenvalue weighted by Crippen LogP contribution is -2.54. The summed E-state index contributed by atoms with van der Waals surface area (Å²) in [6, 6.07) is 17.9. The molecule has 0 bridgehead atoms. The summed E-state index contributed by atoms with van der Waals surface area (Å²) in [5.74, 6) is -0.948. The van der Waals surface area contributed by atoms with Crippen LogP contribution in [0.4, 0.5) is 10.5 Å². The van der Waals surface area contributed by atoms with Crippen LogP contribution in [0, 0.1) is 0 Å². The van der Waals surface area contributed by atoms with Crippen molar-refractivity contribution >= 4 is 68.7 Å². The molecule has 6 nitrogen and oxygen atoms in total. The first-order valence-corrected chi connectivity index (χ1v) is 11.2. The largest absolute Gasteiger partial charge is 0.488 e. The zero-order chi connectivity index (χ0) is 23.5. The van der Waals surface area contributed by atoms with Gasteiger partial charge in [-0.05, 0) is 75.6 Å². The highest BCUT2D eigenvalue weighted by molar-refractivity contribution is 9.10. The van der Waals surface area contributed by atoms with Crippen molar-refractivity contribution in [2.75, 3.05) is 4.90 Å². The minimum atomic E-state index is -0.838. The topological polar surface area (TPSA) is 75.7 Å². The Hall–Kier alpha value is -3.13. The summed E-state index contributed by atoms with van der Waals surface area (Å²) in [5, 5.41) is 3.16. The summed E-state index contributed by atoms with van der Waals surface area (Å²) < 4.78 is 6.46. The third-order valence-corrected chi connectivity index (χ3v) is 5.81. The number of hydrogen-bond donors (Lipinski definition) is 1. The van der Waals surface area contributed by atoms with E-state index in [9.17, 15) is 14.4 Å². The van der Waals surface area contributed by atoms with Crippen LogP contribution in [0.2, 0.25) is 10.0 Å². The number of carbonyl (C=O) groups excluding carboxylic acids is 3. The molecule has 33 heavy (non-hydrogen) atoms. The first-order valence-electron chi connectivity index (χ1n) is 9.65. The van der Waals surface area contributed by atoms with Crippen LogP contribution in [-0.2, 0) is 16.2 Å². The van der Waals surface area contributed by atoms with Gasteiger partial charge in [0.2, 0.25) is 0 Å². The zero-order valence-corrected chi connectivity index (χ0v) is 19.9. The van der Waals surface area contributed by atoms with E-state index in [1.54, 1.807) is 42.5 Å². The van der Waals surface area contributed by atoms with E-state index in [1.165, 1.54) is 12.1 Å². The SMILES string of the molecule is O=C1NC(=O)N(c2cccc(Cl)c2)C(=O)/C1=C/c1ccc(OCc2cccc(Cl)c2)c(Br)c1. The Kier molecular flexibility index (Phi) is 6.83. The molecule has 3 aromatic rings. The minimum Gasteiger partial charge on any atom is -0.488 e. The third kappa shape index (κ3) is 5.27. The Morgan fingerprint density at radius 3 is 2.36 bits per heavy atom. The quantitative estimate of drug-likeness (QED) is 0.315. The molecule has 1 saturated heterocycles. The Labute approximate surface area is 207 Å². The lowest BCUT2D eigenvalue weighted by atomic mass is 10.1. The normalized spacial score (nSPS) is 15.1. The number of nitrogens with zero attached hydrogens (tertiary/aromatic N) is 1. The molecule has 4 amide bonds. The van der Waals surface area contributed by atoms with Gasteiger partial charge < -0.3 is 4.74 Å². The number of halogens is 3. The molecule has 1 heterocycles. The van der Waals surface area contributed by atoms with Crippen molar-refractivity contribution in [3.63, 3.8) is 0 Å². The van der Waals surface area contributed by atoms with Crippen molar-refractivity contribution in [3.8, 4) is 5.75 Å². The molecule has 3 aromatic carbocycles. The number of barbiturate groups is 1. The molecular formula is C24H15BrCl2N2O4. The summed E-state index contributed by atoms with van der Waals surface area (Å²) >= 11 is 15.4. The maximum Gasteiger partial charge on any atom is 0.335 e. The van der Waals surface area contributed by atoms with Crippen LogP contribution in [0.5, 0.6) is 5.75 Å². The van der Waals surface area contributed by atoms with Crippen LogP contribution in [0.1, 0.15) is 11.1 Å². The second kappa shape index (κ2) is 9.79. The monoisotopic (exact) mass is 544 g/mol. The number of carbonyl (C=O) groups is 3. The summed E-state index contributed by atoms with van der Waals surface area (Å²) in [5.41, 5.74) is 1.55. The number of amides is 4. The number of anilines is 1. The number of rotatable bonds is 5. The summed E-state index contributed by atoms with van der Waals surface area (Å²) in [7, 11) is 0. The molecule has 0 spiro atoms. The molecule has 9 heteroatoms. The van der Waals surface area contributed by atoms with Crippen molar-refractivity contribution in [1.82, 2.24) is 5.32 Å². The molecule has 0 saturated carbocycles. The first-order chi connectivity index (χ1) is 15.8. The van der Waals surface area contributed by atoms with Gasteiger partial charge in [0, 0.05) is 10.0 Å². The van der Waals surface area contributed by atoms with Gasteiger partial charge in [0.1, 0.15) is 17.9 Å². The Morgan fingerprint density at radius 1 is 0.939 bits per heavy atom. The van der Waals surface area contributed by atoms with Crippen LogP contribution >= 0.6 is 39.1 Å². The van der Waals surface area contributed by atoms with Crippen LogP contribution in [0.3, 0.4) is 0 Å². The smallest absolute Gasteiger partial charge is 0.335 e. The number of imide groups is 2. The van der Waals surface area contributed by atoms with E-state index >= 15 is 0 Å². The fourth-order valence-electron chi connectivity index (χ4n) is 3.19. The van der Waals surface area contributed by atoms with Gasteiger partial charge in [-0.1, -0.05) is 47.5 Å². The number of urea groups is 1. The molecule has 1 aliphatic rings. The average Bonchev–Trinajstić information content (AvgIpc) is 2.76. The average molecular weight is 546 g/mol. The lowest BCUT2D eigenvalue weighted by molar-refractivity contribution is -0.122. The molecule has 1 aliphatic heterocycles. The number of ether oxygens (including phenoxy) is 1. The fraction of sp³-hybridized carbons (Fsp3) is 0.0417. The standard InChI is InChI=1S/C24H15BrCl2N2O4/c25-20-11-14(7-8-21(20)33-13-15-3-1-4-16(26)9-15)10-19-22(30)28-24(32)29(23(19)31)18-6-2-5-17(27)12-18/h1-12H,13H2,(H,28,30,32)/b19-10+. The number of hydrogen-bond acceptors (Lipinski definition) is 4. The van der Waals surface area contributed by atoms with Gasteiger partial charge in [-0.15, -0.1) is 0 Å². The molecular weight excluding hydrogens is 531 g/mol. The van der Waals surface area contributed by atoms with Crippen LogP contribution in [0.15, 0.2) is 76.8 Å². The van der Waals surface area contributed by atoms with Crippen molar-refractivity contribution < 1.29 is 19.1 Å². The molecule has 0 radical (unpaired) electrons. The first kappa shape index (κ1) is 23.0. The van der Waals surface area contributed by atoms with Gasteiger partial charge in [0.15, 0.2) is 0 Å². The molecule has 0 aliphatic carbocycles. The second-order valence-electron chi connectivity index (χ2n) is 7.05. The molecule has 0 aromatic heterocycles. The third-order valence-electron chi connectivity index (χ3n) is 4.72. The van der Waals surface area contributed by atoms with E-state index in [1.807, 2.05) is 18.2 Å². The highest BCUT2D eigenvalue weighted by Crippen LogP contribution is 2.29. The van der Waals surface area contributed by atoms with Crippen molar-refractivity contribution in [1.29, 1.82) is 0 Å². The number of nitrogens with one attached hydrogen (secondary N) is 1. The molecule has 166 valence electrons. The maximum atomic E-state index is 13.0. The highest BCUT2D eigenvalue weighted by Gasteiger charge is 2.36. The minimum absolute atomic E-state index is 0.186. The van der Waals surface area contributed by atoms with Crippen LogP contribution in [-0.4, -0.2) is 17.8 Å². The van der Waals surface area contributed by atoms with E-state index < -0.39 is 17.8 Å². The van der Waals surface area contributed by atoms with Crippen LogP contribution in [0.25, 0.3) is 6.08 Å². The van der Waals surface area contributed by atoms with Crippen molar-refractivity contribution in [3.05, 3.63) is 97.9 Å². The molecule has 0 atom stereocenters. The van der Waals surface area contributed by atoms with Gasteiger partial charge in [-0.25, -0.2) is 9.69 Å².